The number of nitrogens with zero attached hydrogens (tertiary/aromatic N) is 2. The summed E-state index contributed by atoms with van der Waals surface area (Å²) >= 11 is 0. The molecule has 0 saturated carbocycles. The average Bonchev–Trinajstić information content (AvgIpc) is 2.29. The molecule has 1 aromatic rings. The highest BCUT2D eigenvalue weighted by molar-refractivity contribution is 5.53. The van der Waals surface area contributed by atoms with E-state index in [-0.39, 0.29) is 0 Å². The van der Waals surface area contributed by atoms with Crippen LogP contribution in [0.5, 0.6) is 0 Å². The zero-order valence-corrected chi connectivity index (χ0v) is 10.9. The van der Waals surface area contributed by atoms with Crippen molar-refractivity contribution in [2.24, 2.45) is 0 Å². The van der Waals surface area contributed by atoms with Crippen LogP contribution in [0, 0.1) is 6.92 Å². The lowest BCUT2D eigenvalue weighted by molar-refractivity contribution is 0.190. The minimum atomic E-state index is 0.510. The van der Waals surface area contributed by atoms with Crippen LogP contribution in [0.25, 0.3) is 0 Å². The molecular formula is C13H22N4. The molecule has 0 aromatic carbocycles. The van der Waals surface area contributed by atoms with E-state index in [2.05, 4.69) is 29.2 Å². The van der Waals surface area contributed by atoms with Gasteiger partial charge in [0.15, 0.2) is 0 Å². The molecule has 2 rings (SSSR count). The lowest BCUT2D eigenvalue weighted by Crippen LogP contribution is -2.42. The van der Waals surface area contributed by atoms with Crippen molar-refractivity contribution in [2.45, 2.75) is 38.8 Å². The fraction of sp³-hybridized carbons (Fsp3) is 0.615. The molecule has 94 valence electrons. The Hall–Kier alpha value is -1.29. The zero-order chi connectivity index (χ0) is 12.4. The monoisotopic (exact) mass is 234 g/mol. The van der Waals surface area contributed by atoms with Crippen molar-refractivity contribution < 1.29 is 0 Å². The predicted molar refractivity (Wildman–Crippen MR) is 72.1 cm³/mol. The highest BCUT2D eigenvalue weighted by Gasteiger charge is 2.22. The first-order valence-corrected chi connectivity index (χ1v) is 6.25. The van der Waals surface area contributed by atoms with E-state index in [4.69, 9.17) is 5.73 Å². The van der Waals surface area contributed by atoms with Crippen molar-refractivity contribution in [3.63, 3.8) is 0 Å². The van der Waals surface area contributed by atoms with E-state index in [1.807, 2.05) is 19.2 Å². The predicted octanol–water partition coefficient (Wildman–Crippen LogP) is 1.87. The number of hydrogen-bond donors (Lipinski definition) is 2. The van der Waals surface area contributed by atoms with Gasteiger partial charge in [-0.25, -0.2) is 4.98 Å². The number of pyridine rings is 1. The third-order valence-corrected chi connectivity index (χ3v) is 3.71. The van der Waals surface area contributed by atoms with Crippen molar-refractivity contribution in [1.29, 1.82) is 0 Å². The number of nitrogens with one attached hydrogen (secondary N) is 1. The molecule has 2 heterocycles. The van der Waals surface area contributed by atoms with Crippen molar-refractivity contribution in [3.8, 4) is 0 Å². The molecule has 4 nitrogen and oxygen atoms in total. The van der Waals surface area contributed by atoms with E-state index >= 15 is 0 Å². The van der Waals surface area contributed by atoms with Crippen LogP contribution in [-0.2, 0) is 0 Å². The smallest absolute Gasteiger partial charge is 0.128 e. The van der Waals surface area contributed by atoms with Crippen LogP contribution < -0.4 is 11.1 Å². The summed E-state index contributed by atoms with van der Waals surface area (Å²) in [5, 5.41) is 3.48. The number of rotatable bonds is 2. The maximum absolute atomic E-state index is 5.89. The first-order valence-electron chi connectivity index (χ1n) is 6.25. The molecule has 0 radical (unpaired) electrons. The van der Waals surface area contributed by atoms with Gasteiger partial charge in [0.2, 0.25) is 0 Å². The van der Waals surface area contributed by atoms with Crippen molar-refractivity contribution in [1.82, 2.24) is 9.88 Å². The molecule has 1 saturated heterocycles. The van der Waals surface area contributed by atoms with E-state index in [9.17, 15) is 0 Å². The summed E-state index contributed by atoms with van der Waals surface area (Å²) in [6.07, 6.45) is 4.15. The van der Waals surface area contributed by atoms with E-state index < -0.39 is 0 Å². The van der Waals surface area contributed by atoms with Gasteiger partial charge in [0.05, 0.1) is 0 Å². The number of hydrogen-bond acceptors (Lipinski definition) is 4. The SMILES string of the molecule is Cc1cnc(NC2CCN(C)C(C)C2)cc1N. The molecule has 17 heavy (non-hydrogen) atoms. The molecule has 0 amide bonds. The van der Waals surface area contributed by atoms with Crippen LogP contribution in [0.2, 0.25) is 0 Å². The van der Waals surface area contributed by atoms with Crippen LogP contribution >= 0.6 is 0 Å². The maximum Gasteiger partial charge on any atom is 0.128 e. The second-order valence-electron chi connectivity index (χ2n) is 5.12. The fourth-order valence-electron chi connectivity index (χ4n) is 2.25. The number of aromatic nitrogens is 1. The molecule has 1 fully saturated rings. The van der Waals surface area contributed by atoms with Crippen LogP contribution in [0.4, 0.5) is 11.5 Å². The summed E-state index contributed by atoms with van der Waals surface area (Å²) < 4.78 is 0. The van der Waals surface area contributed by atoms with Gasteiger partial charge in [-0.3, -0.25) is 0 Å². The number of nitrogen functional groups attached to an aromatic ring is 1. The highest BCUT2D eigenvalue weighted by Crippen LogP contribution is 2.20. The molecular weight excluding hydrogens is 212 g/mol. The summed E-state index contributed by atoms with van der Waals surface area (Å²) in [7, 11) is 2.18. The van der Waals surface area contributed by atoms with Gasteiger partial charge in [-0.1, -0.05) is 0 Å². The first-order chi connectivity index (χ1) is 8.06. The third kappa shape index (κ3) is 2.88. The van der Waals surface area contributed by atoms with E-state index in [0.717, 1.165) is 36.5 Å². The van der Waals surface area contributed by atoms with Crippen LogP contribution in [0.3, 0.4) is 0 Å². The van der Waals surface area contributed by atoms with Crippen molar-refractivity contribution in [2.75, 3.05) is 24.6 Å². The summed E-state index contributed by atoms with van der Waals surface area (Å²) in [6, 6.07) is 3.07. The molecule has 0 aliphatic carbocycles. The van der Waals surface area contributed by atoms with Crippen LogP contribution in [0.15, 0.2) is 12.3 Å². The zero-order valence-electron chi connectivity index (χ0n) is 10.9. The normalized spacial score (nSPS) is 25.8. The fourth-order valence-corrected chi connectivity index (χ4v) is 2.25. The van der Waals surface area contributed by atoms with Crippen LogP contribution in [0.1, 0.15) is 25.3 Å². The van der Waals surface area contributed by atoms with Gasteiger partial charge < -0.3 is 16.0 Å². The van der Waals surface area contributed by atoms with Crippen molar-refractivity contribution in [3.05, 3.63) is 17.8 Å². The Kier molecular flexibility index (Phi) is 3.52. The number of aryl methyl sites for hydroxylation is 1. The van der Waals surface area contributed by atoms with E-state index in [1.54, 1.807) is 0 Å². The molecule has 2 atom stereocenters. The number of anilines is 2. The summed E-state index contributed by atoms with van der Waals surface area (Å²) in [5.41, 5.74) is 7.73. The molecule has 0 spiro atoms. The average molecular weight is 234 g/mol. The van der Waals surface area contributed by atoms with Gasteiger partial charge in [0.25, 0.3) is 0 Å². The maximum atomic E-state index is 5.89. The number of piperidine rings is 1. The van der Waals surface area contributed by atoms with Gasteiger partial charge >= 0.3 is 0 Å². The summed E-state index contributed by atoms with van der Waals surface area (Å²) in [4.78, 5) is 6.77. The Bertz CT molecular complexity index is 391. The Morgan fingerprint density at radius 2 is 2.29 bits per heavy atom. The minimum Gasteiger partial charge on any atom is -0.398 e. The Labute approximate surface area is 103 Å². The standard InChI is InChI=1S/C13H22N4/c1-9-8-15-13(7-12(9)14)16-11-4-5-17(3)10(2)6-11/h7-8,10-11H,4-6H2,1-3H3,(H3,14,15,16). The van der Waals surface area contributed by atoms with E-state index in [0.29, 0.717) is 12.1 Å². The quantitative estimate of drug-likeness (QED) is 0.820. The number of nitrogens with two attached hydrogens (primary N) is 1. The topological polar surface area (TPSA) is 54.2 Å². The molecule has 1 aromatic heterocycles. The second kappa shape index (κ2) is 4.92. The molecule has 3 N–H and O–H groups in total. The Morgan fingerprint density at radius 1 is 1.53 bits per heavy atom. The van der Waals surface area contributed by atoms with Gasteiger partial charge in [-0.05, 0) is 39.3 Å². The Morgan fingerprint density at radius 3 is 2.94 bits per heavy atom. The number of likely N-dealkylation sites (tertiary alicyclic amines) is 1. The summed E-state index contributed by atoms with van der Waals surface area (Å²) in [6.45, 7) is 5.38. The first kappa shape index (κ1) is 12.2. The van der Waals surface area contributed by atoms with Gasteiger partial charge in [-0.2, -0.15) is 0 Å². The largest absolute Gasteiger partial charge is 0.398 e. The Balaban J connectivity index is 1.99. The molecule has 0 bridgehead atoms. The third-order valence-electron chi connectivity index (χ3n) is 3.71. The van der Waals surface area contributed by atoms with Crippen molar-refractivity contribution >= 4 is 11.5 Å². The van der Waals surface area contributed by atoms with E-state index in [1.165, 1.54) is 0 Å². The van der Waals surface area contributed by atoms with Gasteiger partial charge in [-0.15, -0.1) is 0 Å². The summed E-state index contributed by atoms with van der Waals surface area (Å²) in [5.74, 6) is 0.898. The second-order valence-corrected chi connectivity index (χ2v) is 5.12. The molecule has 2 unspecified atom stereocenters. The van der Waals surface area contributed by atoms with Gasteiger partial charge in [0.1, 0.15) is 5.82 Å². The minimum absolute atomic E-state index is 0.510. The molecule has 1 aliphatic rings. The molecule has 1 aliphatic heterocycles. The molecule has 4 heteroatoms. The highest BCUT2D eigenvalue weighted by atomic mass is 15.2. The van der Waals surface area contributed by atoms with Crippen LogP contribution in [-0.4, -0.2) is 35.6 Å². The lowest BCUT2D eigenvalue weighted by Gasteiger charge is -2.35. The lowest BCUT2D eigenvalue weighted by atomic mass is 9.99. The van der Waals surface area contributed by atoms with Gasteiger partial charge in [0, 0.05) is 36.6 Å².